The van der Waals surface area contributed by atoms with Crippen molar-refractivity contribution in [3.63, 3.8) is 0 Å². The van der Waals surface area contributed by atoms with E-state index in [1.54, 1.807) is 48.5 Å². The summed E-state index contributed by atoms with van der Waals surface area (Å²) in [6, 6.07) is 13.3. The minimum atomic E-state index is -0.583. The lowest BCUT2D eigenvalue weighted by molar-refractivity contribution is -0.122. The Labute approximate surface area is 161 Å². The maximum absolute atomic E-state index is 13.1. The molecule has 0 saturated carbocycles. The van der Waals surface area contributed by atoms with Crippen molar-refractivity contribution in [2.75, 3.05) is 0 Å². The van der Waals surface area contributed by atoms with E-state index in [1.807, 2.05) is 13.8 Å². The van der Waals surface area contributed by atoms with Crippen molar-refractivity contribution < 1.29 is 4.79 Å². The number of benzene rings is 2. The highest BCUT2D eigenvalue weighted by Gasteiger charge is 2.17. The molecule has 0 radical (unpaired) electrons. The SMILES string of the molecule is CCC(C)NC(=O)Cn1c(=O)n(-c2cccc(Cl)c2)c(=O)c2ccccc21. The van der Waals surface area contributed by atoms with Gasteiger partial charge in [0.2, 0.25) is 5.91 Å². The Hall–Kier alpha value is -2.86. The van der Waals surface area contributed by atoms with Gasteiger partial charge in [0.15, 0.2) is 0 Å². The molecule has 3 rings (SSSR count). The average Bonchev–Trinajstić information content (AvgIpc) is 2.65. The van der Waals surface area contributed by atoms with Gasteiger partial charge in [-0.1, -0.05) is 36.7 Å². The van der Waals surface area contributed by atoms with Gasteiger partial charge in [0.05, 0.1) is 16.6 Å². The molecule has 7 heteroatoms. The lowest BCUT2D eigenvalue weighted by atomic mass is 10.2. The molecule has 1 atom stereocenters. The molecule has 0 aliphatic rings. The highest BCUT2D eigenvalue weighted by Crippen LogP contribution is 2.14. The third kappa shape index (κ3) is 3.80. The van der Waals surface area contributed by atoms with Crippen LogP contribution in [0.3, 0.4) is 0 Å². The Kier molecular flexibility index (Phi) is 5.46. The molecule has 0 spiro atoms. The highest BCUT2D eigenvalue weighted by molar-refractivity contribution is 6.30. The molecule has 0 aliphatic carbocycles. The van der Waals surface area contributed by atoms with E-state index in [4.69, 9.17) is 11.6 Å². The van der Waals surface area contributed by atoms with Gasteiger partial charge in [0.25, 0.3) is 5.56 Å². The first kappa shape index (κ1) is 18.9. The minimum Gasteiger partial charge on any atom is -0.352 e. The standard InChI is InChI=1S/C20H20ClN3O3/c1-3-13(2)22-18(25)12-23-17-10-5-4-9-16(17)19(26)24(20(23)27)15-8-6-7-14(21)11-15/h4-11,13H,3,12H2,1-2H3,(H,22,25). The molecule has 1 unspecified atom stereocenters. The predicted molar refractivity (Wildman–Crippen MR) is 107 cm³/mol. The molecule has 2 aromatic carbocycles. The molecule has 27 heavy (non-hydrogen) atoms. The zero-order chi connectivity index (χ0) is 19.6. The van der Waals surface area contributed by atoms with Crippen molar-refractivity contribution >= 4 is 28.4 Å². The van der Waals surface area contributed by atoms with E-state index in [-0.39, 0.29) is 18.5 Å². The minimum absolute atomic E-state index is 0.00157. The number of hydrogen-bond donors (Lipinski definition) is 1. The van der Waals surface area contributed by atoms with Gasteiger partial charge in [0, 0.05) is 11.1 Å². The fourth-order valence-electron chi connectivity index (χ4n) is 2.88. The van der Waals surface area contributed by atoms with Gasteiger partial charge in [-0.2, -0.15) is 0 Å². The lowest BCUT2D eigenvalue weighted by Crippen LogP contribution is -2.43. The topological polar surface area (TPSA) is 73.1 Å². The summed E-state index contributed by atoms with van der Waals surface area (Å²) in [6.45, 7) is 3.68. The summed E-state index contributed by atoms with van der Waals surface area (Å²) in [7, 11) is 0. The van der Waals surface area contributed by atoms with Crippen molar-refractivity contribution in [1.82, 2.24) is 14.5 Å². The molecule has 6 nitrogen and oxygen atoms in total. The Balaban J connectivity index is 2.22. The highest BCUT2D eigenvalue weighted by atomic mass is 35.5. The van der Waals surface area contributed by atoms with E-state index in [0.29, 0.717) is 21.6 Å². The first-order chi connectivity index (χ1) is 12.9. The molecular formula is C20H20ClN3O3. The van der Waals surface area contributed by atoms with Crippen LogP contribution in [0.1, 0.15) is 20.3 Å². The number of carbonyl (C=O) groups is 1. The number of halogens is 1. The van der Waals surface area contributed by atoms with Gasteiger partial charge in [0.1, 0.15) is 6.54 Å². The van der Waals surface area contributed by atoms with Crippen LogP contribution in [-0.2, 0) is 11.3 Å². The van der Waals surface area contributed by atoms with E-state index in [0.717, 1.165) is 11.0 Å². The zero-order valence-electron chi connectivity index (χ0n) is 15.1. The van der Waals surface area contributed by atoms with E-state index < -0.39 is 11.2 Å². The van der Waals surface area contributed by atoms with Crippen LogP contribution in [0.2, 0.25) is 5.02 Å². The first-order valence-corrected chi connectivity index (χ1v) is 9.10. The summed E-state index contributed by atoms with van der Waals surface area (Å²) in [4.78, 5) is 38.4. The van der Waals surface area contributed by atoms with Crippen molar-refractivity contribution in [1.29, 1.82) is 0 Å². The second-order valence-corrected chi connectivity index (χ2v) is 6.82. The van der Waals surface area contributed by atoms with Crippen molar-refractivity contribution in [3.8, 4) is 5.69 Å². The number of hydrogen-bond acceptors (Lipinski definition) is 3. The van der Waals surface area contributed by atoms with E-state index in [1.165, 1.54) is 4.57 Å². The molecular weight excluding hydrogens is 366 g/mol. The molecule has 0 saturated heterocycles. The maximum Gasteiger partial charge on any atom is 0.336 e. The summed E-state index contributed by atoms with van der Waals surface area (Å²) in [5, 5.41) is 3.61. The van der Waals surface area contributed by atoms with Gasteiger partial charge in [-0.05, 0) is 43.7 Å². The van der Waals surface area contributed by atoms with Crippen LogP contribution in [0.5, 0.6) is 0 Å². The molecule has 1 N–H and O–H groups in total. The molecule has 0 bridgehead atoms. The second-order valence-electron chi connectivity index (χ2n) is 6.38. The van der Waals surface area contributed by atoms with Crippen LogP contribution >= 0.6 is 11.6 Å². The second kappa shape index (κ2) is 7.80. The molecule has 0 fully saturated rings. The number of aromatic nitrogens is 2. The molecule has 1 aromatic heterocycles. The number of para-hydroxylation sites is 1. The molecule has 140 valence electrons. The number of amides is 1. The average molecular weight is 386 g/mol. The monoisotopic (exact) mass is 385 g/mol. The summed E-state index contributed by atoms with van der Waals surface area (Å²) in [5.41, 5.74) is -0.249. The first-order valence-electron chi connectivity index (χ1n) is 8.72. The Morgan fingerprint density at radius 1 is 1.15 bits per heavy atom. The number of fused-ring (bicyclic) bond motifs is 1. The number of nitrogens with one attached hydrogen (secondary N) is 1. The fraction of sp³-hybridized carbons (Fsp3) is 0.250. The zero-order valence-corrected chi connectivity index (χ0v) is 15.9. The third-order valence-corrected chi connectivity index (χ3v) is 4.67. The van der Waals surface area contributed by atoms with Gasteiger partial charge in [-0.3, -0.25) is 14.2 Å². The normalized spacial score (nSPS) is 12.1. The van der Waals surface area contributed by atoms with Crippen LogP contribution in [-0.4, -0.2) is 21.1 Å². The largest absolute Gasteiger partial charge is 0.352 e. The van der Waals surface area contributed by atoms with Crippen LogP contribution in [0.25, 0.3) is 16.6 Å². The third-order valence-electron chi connectivity index (χ3n) is 4.44. The summed E-state index contributed by atoms with van der Waals surface area (Å²) >= 11 is 6.03. The van der Waals surface area contributed by atoms with Gasteiger partial charge in [-0.15, -0.1) is 0 Å². The van der Waals surface area contributed by atoms with Crippen LogP contribution in [0, 0.1) is 0 Å². The van der Waals surface area contributed by atoms with E-state index >= 15 is 0 Å². The number of nitrogens with zero attached hydrogens (tertiary/aromatic N) is 2. The summed E-state index contributed by atoms with van der Waals surface area (Å²) < 4.78 is 2.36. The number of carbonyl (C=O) groups excluding carboxylic acids is 1. The smallest absolute Gasteiger partial charge is 0.336 e. The van der Waals surface area contributed by atoms with Crippen LogP contribution in [0.4, 0.5) is 0 Å². The van der Waals surface area contributed by atoms with Gasteiger partial charge in [-0.25, -0.2) is 9.36 Å². The molecule has 0 aliphatic heterocycles. The van der Waals surface area contributed by atoms with Crippen LogP contribution in [0.15, 0.2) is 58.1 Å². The Bertz CT molecular complexity index is 1120. The predicted octanol–water partition coefficient (Wildman–Crippen LogP) is 2.72. The maximum atomic E-state index is 13.1. The molecule has 1 amide bonds. The van der Waals surface area contributed by atoms with Crippen molar-refractivity contribution in [2.45, 2.75) is 32.9 Å². The summed E-state index contributed by atoms with van der Waals surface area (Å²) in [6.07, 6.45) is 0.781. The molecule has 1 heterocycles. The van der Waals surface area contributed by atoms with Gasteiger partial charge >= 0.3 is 5.69 Å². The lowest BCUT2D eigenvalue weighted by Gasteiger charge is -2.16. The van der Waals surface area contributed by atoms with Crippen molar-refractivity contribution in [3.05, 3.63) is 74.4 Å². The number of rotatable bonds is 5. The van der Waals surface area contributed by atoms with E-state index in [9.17, 15) is 14.4 Å². The Morgan fingerprint density at radius 2 is 1.89 bits per heavy atom. The summed E-state index contributed by atoms with van der Waals surface area (Å²) in [5.74, 6) is -0.284. The Morgan fingerprint density at radius 3 is 2.59 bits per heavy atom. The molecule has 3 aromatic rings. The van der Waals surface area contributed by atoms with Crippen molar-refractivity contribution in [2.24, 2.45) is 0 Å². The van der Waals surface area contributed by atoms with Crippen LogP contribution < -0.4 is 16.6 Å². The van der Waals surface area contributed by atoms with E-state index in [2.05, 4.69) is 5.32 Å². The quantitative estimate of drug-likeness (QED) is 0.733. The van der Waals surface area contributed by atoms with Gasteiger partial charge < -0.3 is 5.32 Å². The fourth-order valence-corrected chi connectivity index (χ4v) is 3.07.